The summed E-state index contributed by atoms with van der Waals surface area (Å²) in [4.78, 5) is 111. The fraction of sp³-hybridized carbons (Fsp3) is 0.879. The van der Waals surface area contributed by atoms with Crippen LogP contribution in [0.4, 0.5) is 0 Å². The molecule has 3 saturated carbocycles. The molecule has 11 atom stereocenters. The number of nitrogens with two attached hydrogens (primary N) is 1. The van der Waals surface area contributed by atoms with Crippen LogP contribution in [-0.2, 0) is 62.8 Å². The lowest BCUT2D eigenvalue weighted by molar-refractivity contribution is -0.156. The summed E-state index contributed by atoms with van der Waals surface area (Å²) in [7, 11) is -5.60. The Hall–Kier alpha value is -3.54. The smallest absolute Gasteiger partial charge is 0.328 e. The van der Waals surface area contributed by atoms with Crippen LogP contribution in [0.1, 0.15) is 223 Å². The molecule has 482 valence electrons. The van der Waals surface area contributed by atoms with Crippen molar-refractivity contribution >= 4 is 66.5 Å². The summed E-state index contributed by atoms with van der Waals surface area (Å²) in [6, 6.07) is -1.35. The van der Waals surface area contributed by atoms with E-state index in [-0.39, 0.29) is 119 Å². The Morgan fingerprint density at radius 2 is 0.929 bits per heavy atom. The number of piperidine rings is 2. The molecule has 5 aliphatic rings. The van der Waals surface area contributed by atoms with Crippen LogP contribution in [-0.4, -0.2) is 127 Å². The van der Waals surface area contributed by atoms with Gasteiger partial charge in [0.1, 0.15) is 17.6 Å². The summed E-state index contributed by atoms with van der Waals surface area (Å²) >= 11 is 0. The van der Waals surface area contributed by atoms with Gasteiger partial charge in [-0.05, 0) is 129 Å². The molecular formula is C66H113N3O13S2. The molecule has 0 radical (unpaired) electrons. The second-order valence-electron chi connectivity index (χ2n) is 33.7. The largest absolute Gasteiger partial charge is 0.467 e. The number of carbonyl (C=O) groups excluding carboxylic acids is 8. The molecule has 2 aliphatic heterocycles. The van der Waals surface area contributed by atoms with Gasteiger partial charge in [-0.15, -0.1) is 0 Å². The number of nitrogens with zero attached hydrogens (tertiary/aromatic N) is 2. The number of likely N-dealkylation sites (tertiary alicyclic amines) is 2. The van der Waals surface area contributed by atoms with Crippen molar-refractivity contribution in [2.75, 3.05) is 31.7 Å². The molecule has 0 spiro atoms. The van der Waals surface area contributed by atoms with E-state index in [1.54, 1.807) is 51.3 Å². The molecule has 5 rings (SSSR count). The van der Waals surface area contributed by atoms with Gasteiger partial charge in [0.15, 0.2) is 25.5 Å². The number of hydrogen-bond acceptors (Lipinski definition) is 13. The van der Waals surface area contributed by atoms with Gasteiger partial charge in [0.25, 0.3) is 5.91 Å². The van der Waals surface area contributed by atoms with Gasteiger partial charge in [0.2, 0.25) is 17.6 Å². The molecule has 2 N–H and O–H groups in total. The minimum absolute atomic E-state index is 0.0140. The van der Waals surface area contributed by atoms with Crippen LogP contribution in [0.3, 0.4) is 0 Å². The van der Waals surface area contributed by atoms with Crippen molar-refractivity contribution in [2.45, 2.75) is 245 Å². The van der Waals surface area contributed by atoms with Crippen molar-refractivity contribution in [3.8, 4) is 0 Å². The Kier molecular flexibility index (Phi) is 22.2. The third kappa shape index (κ3) is 17.0. The first-order valence-corrected chi connectivity index (χ1v) is 34.5. The number of amides is 3. The number of esters is 1. The van der Waals surface area contributed by atoms with Crippen LogP contribution in [0.2, 0.25) is 0 Å². The topological polar surface area (TPSA) is 247 Å². The maximum Gasteiger partial charge on any atom is 0.328 e. The molecule has 4 unspecified atom stereocenters. The summed E-state index contributed by atoms with van der Waals surface area (Å²) in [5.41, 5.74) is 2.60. The molecule has 16 nitrogen and oxygen atoms in total. The predicted octanol–water partition coefficient (Wildman–Crippen LogP) is 10.5. The maximum atomic E-state index is 14.5. The first-order chi connectivity index (χ1) is 37.7. The van der Waals surface area contributed by atoms with E-state index >= 15 is 0 Å². The number of Topliss-reactive ketones (excluding diaryl/α,β-unsaturated/α-hetero) is 4. The molecule has 0 bridgehead atoms. The number of carbonyl (C=O) groups is 8. The molecule has 2 heterocycles. The van der Waals surface area contributed by atoms with Crippen LogP contribution in [0, 0.1) is 91.7 Å². The van der Waals surface area contributed by atoms with E-state index < -0.39 is 98.3 Å². The number of rotatable bonds is 26. The molecule has 0 aromatic rings. The lowest BCUT2D eigenvalue weighted by Crippen LogP contribution is -2.51. The molecule has 3 amide bonds. The third-order valence-corrected chi connectivity index (χ3v) is 26.1. The molecule has 0 aromatic carbocycles. The van der Waals surface area contributed by atoms with Gasteiger partial charge in [-0.25, -0.2) is 21.6 Å². The van der Waals surface area contributed by atoms with Crippen molar-refractivity contribution in [2.24, 2.45) is 97.4 Å². The molecule has 2 saturated heterocycles. The highest BCUT2D eigenvalue weighted by atomic mass is 32.2. The zero-order valence-electron chi connectivity index (χ0n) is 56.1. The second kappa shape index (κ2) is 25.5. The van der Waals surface area contributed by atoms with Gasteiger partial charge >= 0.3 is 5.97 Å². The maximum absolute atomic E-state index is 14.5. The van der Waals surface area contributed by atoms with Crippen LogP contribution in [0.5, 0.6) is 0 Å². The quantitative estimate of drug-likeness (QED) is 0.0626. The number of ether oxygens (including phenoxy) is 1. The van der Waals surface area contributed by atoms with Crippen molar-refractivity contribution in [1.29, 1.82) is 0 Å². The third-order valence-electron chi connectivity index (χ3n) is 20.2. The summed E-state index contributed by atoms with van der Waals surface area (Å²) in [5, 5.41) is 0. The molecular weight excluding hydrogens is 1110 g/mol. The highest BCUT2D eigenvalue weighted by molar-refractivity contribution is 7.93. The lowest BCUT2D eigenvalue weighted by atomic mass is 9.73. The van der Waals surface area contributed by atoms with E-state index in [1.807, 2.05) is 83.1 Å². The van der Waals surface area contributed by atoms with E-state index in [1.165, 1.54) is 7.11 Å². The van der Waals surface area contributed by atoms with Crippen molar-refractivity contribution in [3.05, 3.63) is 0 Å². The monoisotopic (exact) mass is 1220 g/mol. The number of sulfone groups is 2. The van der Waals surface area contributed by atoms with E-state index in [4.69, 9.17) is 10.5 Å². The minimum atomic E-state index is -3.51. The molecule has 5 fully saturated rings. The Morgan fingerprint density at radius 3 is 1.23 bits per heavy atom. The van der Waals surface area contributed by atoms with Crippen molar-refractivity contribution < 1.29 is 59.9 Å². The van der Waals surface area contributed by atoms with Crippen LogP contribution in [0.25, 0.3) is 0 Å². The second-order valence-corrected chi connectivity index (χ2v) is 39.2. The summed E-state index contributed by atoms with van der Waals surface area (Å²) < 4.78 is 55.9. The van der Waals surface area contributed by atoms with Crippen LogP contribution in [0.15, 0.2) is 0 Å². The van der Waals surface area contributed by atoms with Gasteiger partial charge in [0, 0.05) is 68.9 Å². The zero-order valence-corrected chi connectivity index (χ0v) is 57.8. The van der Waals surface area contributed by atoms with E-state index in [0.29, 0.717) is 38.3 Å². The Balaban J connectivity index is 0.000000371. The Bertz CT molecular complexity index is 2710. The molecule has 18 heteroatoms. The van der Waals surface area contributed by atoms with Crippen LogP contribution < -0.4 is 5.73 Å². The summed E-state index contributed by atoms with van der Waals surface area (Å²) in [6.07, 6.45) is 4.57. The number of hydrogen-bond donors (Lipinski definition) is 1. The standard InChI is InChI=1S/C37H62N2O7S.C29H51NO6S/c1-22(2)18-37(11,21-47(45,46)35(6,7)8)19-25(40)17-26(34(3,4)5)33(44)39-20-27-29(36(27,9)10)30(39)28(41)16-24(31(42)32(38)43)15-23-13-12-14-23;1-18(2)14-29(11,17-37(34,35)27(6,7)8)15-19(31)13-20(26(3,4)5)24(32)30-16-21-22(28(21,9)10)23(30)25(33)36-12/h22-24,26-27,29-30H,12-21H2,1-11H3,(H2,38,43);18,20-23H,13-17H2,1-12H3/t24?,26-,27?,29-,30+,37+;20?,21?,22-,23-,29+/m00/s1. The van der Waals surface area contributed by atoms with Crippen molar-refractivity contribution in [3.63, 3.8) is 0 Å². The number of methoxy groups -OCH3 is 1. The average molecular weight is 1220 g/mol. The summed E-state index contributed by atoms with van der Waals surface area (Å²) in [5.74, 6) is -4.32. The molecule has 84 heavy (non-hydrogen) atoms. The first-order valence-electron chi connectivity index (χ1n) is 31.2. The Labute approximate surface area is 507 Å². The van der Waals surface area contributed by atoms with Gasteiger partial charge in [0.05, 0.1) is 34.2 Å². The van der Waals surface area contributed by atoms with Crippen molar-refractivity contribution in [1.82, 2.24) is 9.80 Å². The zero-order chi connectivity index (χ0) is 65.0. The summed E-state index contributed by atoms with van der Waals surface area (Å²) in [6.45, 7) is 42.8. The number of fused-ring (bicyclic) bond motifs is 2. The van der Waals surface area contributed by atoms with Gasteiger partial charge in [-0.3, -0.25) is 33.6 Å². The number of primary amides is 1. The van der Waals surface area contributed by atoms with Crippen LogP contribution >= 0.6 is 0 Å². The van der Waals surface area contributed by atoms with Gasteiger partial charge in [-0.2, -0.15) is 0 Å². The fourth-order valence-electron chi connectivity index (χ4n) is 14.9. The lowest BCUT2D eigenvalue weighted by Gasteiger charge is -2.38. The van der Waals surface area contributed by atoms with E-state index in [2.05, 4.69) is 27.7 Å². The number of ketones is 4. The highest BCUT2D eigenvalue weighted by Gasteiger charge is 2.71. The minimum Gasteiger partial charge on any atom is -0.467 e. The predicted molar refractivity (Wildman–Crippen MR) is 330 cm³/mol. The fourth-order valence-corrected chi connectivity index (χ4v) is 18.1. The first kappa shape index (κ1) is 72.9. The van der Waals surface area contributed by atoms with Gasteiger partial charge in [-0.1, -0.05) is 130 Å². The van der Waals surface area contributed by atoms with E-state index in [0.717, 1.165) is 19.3 Å². The van der Waals surface area contributed by atoms with E-state index in [9.17, 15) is 55.2 Å². The SMILES string of the molecule is CC(C)C[C@](C)(CC(=O)C[C@@H](C(=O)N1CC2[C@@H]([C@H]1C(=O)CC(CC1CCC1)C(=O)C(N)=O)C2(C)C)C(C)(C)C)CS(=O)(=O)C(C)(C)C.COC(=O)[C@@H]1[C@@H]2C(CN1C(=O)C(CC(=O)C[C@@](C)(CC(C)C)CS(=O)(=O)C(C)(C)C)C(C)(C)C)C2(C)C. The Morgan fingerprint density at radius 1 is 0.571 bits per heavy atom. The highest BCUT2D eigenvalue weighted by Crippen LogP contribution is 2.66. The van der Waals surface area contributed by atoms with Gasteiger partial charge < -0.3 is 20.3 Å². The molecule has 0 aromatic heterocycles. The normalized spacial score (nSPS) is 25.6. The average Bonchev–Trinajstić information content (AvgIpc) is 1.58. The molecule has 3 aliphatic carbocycles.